The van der Waals surface area contributed by atoms with E-state index < -0.39 is 0 Å². The van der Waals surface area contributed by atoms with E-state index in [1.807, 2.05) is 53.2 Å². The van der Waals surface area contributed by atoms with E-state index in [0.29, 0.717) is 16.9 Å². The van der Waals surface area contributed by atoms with Crippen LogP contribution in [0.5, 0.6) is 0 Å². The molecule has 2 atom stereocenters. The monoisotopic (exact) mass is 399 g/mol. The third-order valence-corrected chi connectivity index (χ3v) is 6.71. The number of aromatic nitrogens is 3. The molecule has 3 aromatic rings. The SMILES string of the molecule is CS[C@@H]1CCN(C(=O)c2nc(N[C@@H](C)c3ccccn3)nc3ccsc23)C1. The van der Waals surface area contributed by atoms with E-state index in [0.717, 1.165) is 35.4 Å². The zero-order chi connectivity index (χ0) is 18.8. The Balaban J connectivity index is 1.63. The Bertz CT molecular complexity index is 946. The van der Waals surface area contributed by atoms with Crippen molar-refractivity contribution in [2.24, 2.45) is 0 Å². The van der Waals surface area contributed by atoms with Crippen LogP contribution in [-0.4, -0.2) is 50.4 Å². The minimum atomic E-state index is -0.0575. The molecular formula is C19H21N5OS2. The normalized spacial score (nSPS) is 18.0. The summed E-state index contributed by atoms with van der Waals surface area (Å²) >= 11 is 3.33. The maximum absolute atomic E-state index is 13.1. The summed E-state index contributed by atoms with van der Waals surface area (Å²) in [6.07, 6.45) is 4.90. The number of rotatable bonds is 5. The molecule has 0 bridgehead atoms. The fourth-order valence-corrected chi connectivity index (χ4v) is 4.71. The zero-order valence-corrected chi connectivity index (χ0v) is 16.9. The van der Waals surface area contributed by atoms with Gasteiger partial charge in [0.25, 0.3) is 5.91 Å². The molecule has 0 aliphatic carbocycles. The van der Waals surface area contributed by atoms with Crippen LogP contribution in [0, 0.1) is 0 Å². The molecule has 4 rings (SSSR count). The van der Waals surface area contributed by atoms with Gasteiger partial charge >= 0.3 is 0 Å². The highest BCUT2D eigenvalue weighted by Gasteiger charge is 2.29. The van der Waals surface area contributed by atoms with E-state index in [1.54, 1.807) is 6.20 Å². The van der Waals surface area contributed by atoms with Crippen molar-refractivity contribution in [2.45, 2.75) is 24.6 Å². The first-order chi connectivity index (χ1) is 13.2. The van der Waals surface area contributed by atoms with Crippen molar-refractivity contribution < 1.29 is 4.79 Å². The predicted octanol–water partition coefficient (Wildman–Crippen LogP) is 3.84. The summed E-state index contributed by atoms with van der Waals surface area (Å²) < 4.78 is 0.851. The van der Waals surface area contributed by atoms with Crippen molar-refractivity contribution in [1.82, 2.24) is 19.9 Å². The topological polar surface area (TPSA) is 71.0 Å². The van der Waals surface area contributed by atoms with Crippen LogP contribution in [0.4, 0.5) is 5.95 Å². The number of amides is 1. The van der Waals surface area contributed by atoms with Gasteiger partial charge in [-0.05, 0) is 43.2 Å². The van der Waals surface area contributed by atoms with Gasteiger partial charge in [-0.2, -0.15) is 11.8 Å². The number of pyridine rings is 1. The van der Waals surface area contributed by atoms with Crippen LogP contribution in [0.15, 0.2) is 35.8 Å². The number of hydrogen-bond acceptors (Lipinski definition) is 7. The second-order valence-corrected chi connectivity index (χ2v) is 8.60. The van der Waals surface area contributed by atoms with E-state index in [9.17, 15) is 4.79 Å². The van der Waals surface area contributed by atoms with Crippen molar-refractivity contribution in [1.29, 1.82) is 0 Å². The molecule has 0 unspecified atom stereocenters. The maximum Gasteiger partial charge on any atom is 0.274 e. The summed E-state index contributed by atoms with van der Waals surface area (Å²) in [4.78, 5) is 28.6. The Kier molecular flexibility index (Phi) is 5.27. The largest absolute Gasteiger partial charge is 0.346 e. The van der Waals surface area contributed by atoms with Gasteiger partial charge in [0.2, 0.25) is 5.95 Å². The van der Waals surface area contributed by atoms with Crippen molar-refractivity contribution in [2.75, 3.05) is 24.7 Å². The number of carbonyl (C=O) groups excluding carboxylic acids is 1. The minimum Gasteiger partial charge on any atom is -0.346 e. The lowest BCUT2D eigenvalue weighted by Gasteiger charge is -2.18. The van der Waals surface area contributed by atoms with Crippen LogP contribution in [-0.2, 0) is 0 Å². The lowest BCUT2D eigenvalue weighted by molar-refractivity contribution is 0.0790. The highest BCUT2D eigenvalue weighted by Crippen LogP contribution is 2.28. The fraction of sp³-hybridized carbons (Fsp3) is 0.368. The summed E-state index contributed by atoms with van der Waals surface area (Å²) in [5.74, 6) is 0.456. The standard InChI is InChI=1S/C19H21N5OS2/c1-12(14-5-3-4-8-20-14)21-19-22-15-7-10-27-17(15)16(23-19)18(25)24-9-6-13(11-24)26-2/h3-5,7-8,10,12-13H,6,9,11H2,1-2H3,(H,21,22,23)/t12-,13+/m0/s1. The number of carbonyl (C=O) groups is 1. The molecule has 1 N–H and O–H groups in total. The Hall–Kier alpha value is -2.19. The molecular weight excluding hydrogens is 378 g/mol. The lowest BCUT2D eigenvalue weighted by atomic mass is 10.2. The first kappa shape index (κ1) is 18.2. The number of thioether (sulfide) groups is 1. The van der Waals surface area contributed by atoms with Gasteiger partial charge in [-0.3, -0.25) is 9.78 Å². The summed E-state index contributed by atoms with van der Waals surface area (Å²) in [7, 11) is 0. The molecule has 140 valence electrons. The van der Waals surface area contributed by atoms with Crippen molar-refractivity contribution in [3.63, 3.8) is 0 Å². The quantitative estimate of drug-likeness (QED) is 0.703. The molecule has 0 aromatic carbocycles. The molecule has 1 aliphatic rings. The number of nitrogens with zero attached hydrogens (tertiary/aromatic N) is 4. The molecule has 0 radical (unpaired) electrons. The first-order valence-corrected chi connectivity index (χ1v) is 11.1. The third-order valence-electron chi connectivity index (χ3n) is 4.75. The van der Waals surface area contributed by atoms with Crippen LogP contribution in [0.25, 0.3) is 10.2 Å². The fourth-order valence-electron chi connectivity index (χ4n) is 3.23. The van der Waals surface area contributed by atoms with Crippen LogP contribution in [0.1, 0.15) is 35.6 Å². The van der Waals surface area contributed by atoms with Crippen molar-refractivity contribution in [3.05, 3.63) is 47.2 Å². The molecule has 0 saturated carbocycles. The van der Waals surface area contributed by atoms with Crippen molar-refractivity contribution in [3.8, 4) is 0 Å². The molecule has 27 heavy (non-hydrogen) atoms. The molecule has 1 amide bonds. The molecule has 1 saturated heterocycles. The Morgan fingerprint density at radius 2 is 2.26 bits per heavy atom. The summed E-state index contributed by atoms with van der Waals surface area (Å²) in [5.41, 5.74) is 2.20. The average Bonchev–Trinajstić information content (AvgIpc) is 3.36. The Labute approximate surface area is 166 Å². The van der Waals surface area contributed by atoms with Crippen molar-refractivity contribution >= 4 is 45.2 Å². The number of likely N-dealkylation sites (tertiary alicyclic amines) is 1. The van der Waals surface area contributed by atoms with Gasteiger partial charge in [0, 0.05) is 24.5 Å². The maximum atomic E-state index is 13.1. The predicted molar refractivity (Wildman–Crippen MR) is 112 cm³/mol. The number of hydrogen-bond donors (Lipinski definition) is 1. The van der Waals surface area contributed by atoms with Gasteiger partial charge in [0.1, 0.15) is 0 Å². The summed E-state index contributed by atoms with van der Waals surface area (Å²) in [5, 5.41) is 5.76. The molecule has 1 aliphatic heterocycles. The molecule has 6 nitrogen and oxygen atoms in total. The van der Waals surface area contributed by atoms with E-state index >= 15 is 0 Å². The van der Waals surface area contributed by atoms with Gasteiger partial charge < -0.3 is 10.2 Å². The average molecular weight is 400 g/mol. The summed E-state index contributed by atoms with van der Waals surface area (Å²) in [6.45, 7) is 3.58. The van der Waals surface area contributed by atoms with Gasteiger partial charge in [-0.25, -0.2) is 9.97 Å². The summed E-state index contributed by atoms with van der Waals surface area (Å²) in [6, 6.07) is 7.67. The van der Waals surface area contributed by atoms with Gasteiger partial charge in [0.15, 0.2) is 5.69 Å². The number of thiophene rings is 1. The van der Waals surface area contributed by atoms with E-state index in [-0.39, 0.29) is 11.9 Å². The smallest absolute Gasteiger partial charge is 0.274 e. The third kappa shape index (κ3) is 3.77. The molecule has 1 fully saturated rings. The van der Waals surface area contributed by atoms with Crippen LogP contribution < -0.4 is 5.32 Å². The second kappa shape index (κ2) is 7.82. The van der Waals surface area contributed by atoms with E-state index in [1.165, 1.54) is 11.3 Å². The van der Waals surface area contributed by atoms with Crippen LogP contribution in [0.3, 0.4) is 0 Å². The first-order valence-electron chi connectivity index (χ1n) is 8.90. The zero-order valence-electron chi connectivity index (χ0n) is 15.3. The Morgan fingerprint density at radius 1 is 1.37 bits per heavy atom. The van der Waals surface area contributed by atoms with E-state index in [2.05, 4.69) is 26.5 Å². The molecule has 4 heterocycles. The number of nitrogens with one attached hydrogen (secondary N) is 1. The molecule has 8 heteroatoms. The highest BCUT2D eigenvalue weighted by molar-refractivity contribution is 7.99. The lowest BCUT2D eigenvalue weighted by Crippen LogP contribution is -2.30. The van der Waals surface area contributed by atoms with Gasteiger partial charge in [-0.15, -0.1) is 11.3 Å². The number of anilines is 1. The minimum absolute atomic E-state index is 0.00469. The Morgan fingerprint density at radius 3 is 3.00 bits per heavy atom. The van der Waals surface area contributed by atoms with Crippen LogP contribution >= 0.6 is 23.1 Å². The highest BCUT2D eigenvalue weighted by atomic mass is 32.2. The molecule has 3 aromatic heterocycles. The van der Waals surface area contributed by atoms with Gasteiger partial charge in [0.05, 0.1) is 22.0 Å². The second-order valence-electron chi connectivity index (χ2n) is 6.55. The molecule has 0 spiro atoms. The number of fused-ring (bicyclic) bond motifs is 1. The van der Waals surface area contributed by atoms with E-state index in [4.69, 9.17) is 0 Å². The van der Waals surface area contributed by atoms with Crippen LogP contribution in [0.2, 0.25) is 0 Å². The van der Waals surface area contributed by atoms with Gasteiger partial charge in [-0.1, -0.05) is 6.07 Å².